The molecule has 94 valence electrons. The molecule has 0 spiro atoms. The van der Waals surface area contributed by atoms with E-state index in [0.717, 1.165) is 4.90 Å². The molecule has 0 aromatic heterocycles. The van der Waals surface area contributed by atoms with Gasteiger partial charge in [-0.3, -0.25) is 4.89 Å². The summed E-state index contributed by atoms with van der Waals surface area (Å²) in [6, 6.07) is 0. The summed E-state index contributed by atoms with van der Waals surface area (Å²) in [6.07, 6.45) is 0.118. The first-order valence-corrected chi connectivity index (χ1v) is 5.61. The van der Waals surface area contributed by atoms with Crippen LogP contribution in [0.1, 0.15) is 12.8 Å². The predicted octanol–water partition coefficient (Wildman–Crippen LogP) is 1.00. The fourth-order valence-corrected chi connectivity index (χ4v) is 1.29. The first-order valence-electron chi connectivity index (χ1n) is 4.20. The molecule has 0 radical (unpaired) electrons. The standard InChI is InChI=1S/C6H8F3NO5S/c7-6(8,9)16(12,13)15-14-5(11)10-3-1-2-4-10/h1-4H2. The minimum atomic E-state index is -5.89. The van der Waals surface area contributed by atoms with Crippen LogP contribution < -0.4 is 0 Å². The van der Waals surface area contributed by atoms with E-state index in [2.05, 4.69) is 9.22 Å². The summed E-state index contributed by atoms with van der Waals surface area (Å²) in [4.78, 5) is 15.6. The number of nitrogens with zero attached hydrogens (tertiary/aromatic N) is 1. The number of halogens is 3. The zero-order valence-electron chi connectivity index (χ0n) is 7.86. The monoisotopic (exact) mass is 263 g/mol. The molecule has 0 N–H and O–H groups in total. The lowest BCUT2D eigenvalue weighted by molar-refractivity contribution is -0.167. The van der Waals surface area contributed by atoms with Crippen molar-refractivity contribution >= 4 is 16.2 Å². The Hall–Kier alpha value is -1.03. The molecule has 0 saturated carbocycles. The summed E-state index contributed by atoms with van der Waals surface area (Å²) < 4.78 is 59.0. The quantitative estimate of drug-likeness (QED) is 0.422. The second-order valence-electron chi connectivity index (χ2n) is 3.01. The summed E-state index contributed by atoms with van der Waals surface area (Å²) >= 11 is 0. The molecule has 1 aliphatic heterocycles. The predicted molar refractivity (Wildman–Crippen MR) is 43.3 cm³/mol. The third-order valence-electron chi connectivity index (χ3n) is 1.84. The number of amides is 1. The van der Waals surface area contributed by atoms with Crippen molar-refractivity contribution in [1.82, 2.24) is 4.90 Å². The molecule has 1 heterocycles. The fraction of sp³-hybridized carbons (Fsp3) is 0.833. The molecule has 0 aromatic carbocycles. The number of rotatable bonds is 2. The molecule has 10 heteroatoms. The second kappa shape index (κ2) is 4.45. The Morgan fingerprint density at radius 3 is 2.12 bits per heavy atom. The Bertz CT molecular complexity index is 359. The fourth-order valence-electron chi connectivity index (χ4n) is 1.06. The average molecular weight is 263 g/mol. The van der Waals surface area contributed by atoms with E-state index < -0.39 is 21.7 Å². The molecule has 0 aromatic rings. The maximum Gasteiger partial charge on any atom is 0.526 e. The van der Waals surface area contributed by atoms with Gasteiger partial charge >= 0.3 is 21.7 Å². The highest BCUT2D eigenvalue weighted by Gasteiger charge is 2.49. The maximum absolute atomic E-state index is 11.7. The van der Waals surface area contributed by atoms with E-state index in [4.69, 9.17) is 0 Å². The van der Waals surface area contributed by atoms with E-state index in [-0.39, 0.29) is 0 Å². The second-order valence-corrected chi connectivity index (χ2v) is 4.52. The maximum atomic E-state index is 11.7. The highest BCUT2D eigenvalue weighted by atomic mass is 32.2. The van der Waals surface area contributed by atoms with E-state index in [9.17, 15) is 26.4 Å². The first-order chi connectivity index (χ1) is 7.24. The minimum Gasteiger partial charge on any atom is -0.306 e. The van der Waals surface area contributed by atoms with Gasteiger partial charge < -0.3 is 4.90 Å². The summed E-state index contributed by atoms with van der Waals surface area (Å²) in [5.41, 5.74) is -5.61. The number of carbonyl (C=O) groups excluding carboxylic acids is 1. The van der Waals surface area contributed by atoms with Crippen LogP contribution in [-0.2, 0) is 19.3 Å². The summed E-state index contributed by atoms with van der Waals surface area (Å²) in [5.74, 6) is 0. The van der Waals surface area contributed by atoms with Gasteiger partial charge in [-0.1, -0.05) is 0 Å². The third kappa shape index (κ3) is 2.98. The molecule has 0 aliphatic carbocycles. The van der Waals surface area contributed by atoms with Crippen LogP contribution in [0.2, 0.25) is 0 Å². The SMILES string of the molecule is O=C(OOS(=O)(=O)C(F)(F)F)N1CCCC1. The normalized spacial score (nSPS) is 17.6. The van der Waals surface area contributed by atoms with Crippen LogP contribution in [0.25, 0.3) is 0 Å². The average Bonchev–Trinajstić information content (AvgIpc) is 2.65. The number of hydrogen-bond donors (Lipinski definition) is 0. The van der Waals surface area contributed by atoms with Crippen molar-refractivity contribution in [3.63, 3.8) is 0 Å². The molecule has 1 amide bonds. The van der Waals surface area contributed by atoms with Crippen LogP contribution in [0.4, 0.5) is 18.0 Å². The highest BCUT2D eigenvalue weighted by molar-refractivity contribution is 7.87. The van der Waals surface area contributed by atoms with E-state index >= 15 is 0 Å². The zero-order chi connectivity index (χ0) is 12.4. The van der Waals surface area contributed by atoms with Gasteiger partial charge in [0.05, 0.1) is 0 Å². The van der Waals surface area contributed by atoms with Gasteiger partial charge in [0.25, 0.3) is 0 Å². The first kappa shape index (κ1) is 13.0. The van der Waals surface area contributed by atoms with Crippen LogP contribution in [0, 0.1) is 0 Å². The molecule has 0 atom stereocenters. The van der Waals surface area contributed by atoms with Gasteiger partial charge in [0.2, 0.25) is 0 Å². The molecule has 0 unspecified atom stereocenters. The lowest BCUT2D eigenvalue weighted by atomic mass is 10.4. The van der Waals surface area contributed by atoms with Gasteiger partial charge in [0.15, 0.2) is 0 Å². The zero-order valence-corrected chi connectivity index (χ0v) is 8.68. The molecule has 1 rings (SSSR count). The van der Waals surface area contributed by atoms with Gasteiger partial charge in [-0.2, -0.15) is 21.6 Å². The largest absolute Gasteiger partial charge is 0.526 e. The topological polar surface area (TPSA) is 72.9 Å². The summed E-state index contributed by atoms with van der Waals surface area (Å²) in [5, 5.41) is 0. The van der Waals surface area contributed by atoms with Crippen molar-refractivity contribution in [3.05, 3.63) is 0 Å². The molecule has 0 bridgehead atoms. The van der Waals surface area contributed by atoms with Gasteiger partial charge in [-0.05, 0) is 17.2 Å². The molecule has 1 saturated heterocycles. The van der Waals surface area contributed by atoms with E-state index in [1.165, 1.54) is 0 Å². The Kier molecular flexibility index (Phi) is 3.63. The minimum absolute atomic E-state index is 0.300. The van der Waals surface area contributed by atoms with Crippen LogP contribution in [-0.4, -0.2) is 38.0 Å². The Morgan fingerprint density at radius 2 is 1.69 bits per heavy atom. The van der Waals surface area contributed by atoms with Gasteiger partial charge in [-0.25, -0.2) is 4.79 Å². The lowest BCUT2D eigenvalue weighted by Crippen LogP contribution is -2.32. The van der Waals surface area contributed by atoms with Crippen molar-refractivity contribution in [2.24, 2.45) is 0 Å². The molecule has 1 aliphatic rings. The molecular weight excluding hydrogens is 255 g/mol. The van der Waals surface area contributed by atoms with Crippen molar-refractivity contribution < 1.29 is 35.6 Å². The van der Waals surface area contributed by atoms with Crippen LogP contribution in [0.3, 0.4) is 0 Å². The number of alkyl halides is 3. The number of likely N-dealkylation sites (tertiary alicyclic amines) is 1. The van der Waals surface area contributed by atoms with Gasteiger partial charge in [-0.15, -0.1) is 0 Å². The van der Waals surface area contributed by atoms with E-state index in [1.807, 2.05) is 0 Å². The van der Waals surface area contributed by atoms with Crippen LogP contribution >= 0.6 is 0 Å². The smallest absolute Gasteiger partial charge is 0.306 e. The molecular formula is C6H8F3NO5S. The lowest BCUT2D eigenvalue weighted by Gasteiger charge is -2.13. The van der Waals surface area contributed by atoms with Crippen LogP contribution in [0.15, 0.2) is 0 Å². The summed E-state index contributed by atoms with van der Waals surface area (Å²) in [6.45, 7) is 0.600. The summed E-state index contributed by atoms with van der Waals surface area (Å²) in [7, 11) is -5.89. The Labute approximate surface area is 89.0 Å². The van der Waals surface area contributed by atoms with E-state index in [1.54, 1.807) is 0 Å². The Morgan fingerprint density at radius 1 is 1.19 bits per heavy atom. The number of carbonyl (C=O) groups is 1. The third-order valence-corrected chi connectivity index (χ3v) is 2.66. The van der Waals surface area contributed by atoms with Gasteiger partial charge in [0.1, 0.15) is 0 Å². The Balaban J connectivity index is 2.48. The van der Waals surface area contributed by atoms with Crippen LogP contribution in [0.5, 0.6) is 0 Å². The van der Waals surface area contributed by atoms with Gasteiger partial charge in [0, 0.05) is 13.1 Å². The van der Waals surface area contributed by atoms with Crippen molar-refractivity contribution in [2.45, 2.75) is 18.3 Å². The van der Waals surface area contributed by atoms with E-state index in [0.29, 0.717) is 25.9 Å². The molecule has 1 fully saturated rings. The van der Waals surface area contributed by atoms with Crippen molar-refractivity contribution in [3.8, 4) is 0 Å². The highest BCUT2D eigenvalue weighted by Crippen LogP contribution is 2.25. The number of hydrogen-bond acceptors (Lipinski definition) is 5. The van der Waals surface area contributed by atoms with Crippen molar-refractivity contribution in [2.75, 3.05) is 13.1 Å². The molecule has 6 nitrogen and oxygen atoms in total. The van der Waals surface area contributed by atoms with Crippen molar-refractivity contribution in [1.29, 1.82) is 0 Å². The molecule has 16 heavy (non-hydrogen) atoms.